The fraction of sp³-hybridized carbons (Fsp3) is 0.308. The van der Waals surface area contributed by atoms with Gasteiger partial charge in [-0.25, -0.2) is 18.9 Å². The lowest BCUT2D eigenvalue weighted by Crippen LogP contribution is -2.05. The van der Waals surface area contributed by atoms with E-state index < -0.39 is 11.8 Å². The fourth-order valence-corrected chi connectivity index (χ4v) is 2.96. The molecule has 2 heterocycles. The van der Waals surface area contributed by atoms with E-state index in [0.717, 1.165) is 30.3 Å². The molecule has 19 heavy (non-hydrogen) atoms. The molecule has 96 valence electrons. The quantitative estimate of drug-likeness (QED) is 0.892. The molecule has 2 aromatic rings. The number of pyridine rings is 1. The first-order valence-electron chi connectivity index (χ1n) is 6.12. The van der Waals surface area contributed by atoms with Crippen molar-refractivity contribution in [2.75, 3.05) is 0 Å². The van der Waals surface area contributed by atoms with Gasteiger partial charge in [-0.05, 0) is 30.9 Å². The van der Waals surface area contributed by atoms with E-state index in [-0.39, 0.29) is 5.69 Å². The number of hydrogen-bond acceptors (Lipinski definition) is 3. The maximum Gasteiger partial charge on any atom is 0.356 e. The van der Waals surface area contributed by atoms with E-state index in [4.69, 9.17) is 0 Å². The molecule has 0 radical (unpaired) electrons. The van der Waals surface area contributed by atoms with Crippen molar-refractivity contribution >= 4 is 5.97 Å². The van der Waals surface area contributed by atoms with Crippen LogP contribution in [0.3, 0.4) is 0 Å². The molecule has 1 fully saturated rings. The molecule has 0 unspecified atom stereocenters. The van der Waals surface area contributed by atoms with Gasteiger partial charge in [-0.15, -0.1) is 0 Å². The maximum atomic E-state index is 12.9. The van der Waals surface area contributed by atoms with Gasteiger partial charge in [0.25, 0.3) is 0 Å². The van der Waals surface area contributed by atoms with Crippen LogP contribution in [-0.2, 0) is 6.42 Å². The Kier molecular flexibility index (Phi) is 1.91. The SMILES string of the molecule is O=C(O)c1nn(-c2ccc(F)cn2)c2c1C[C@H]1C[C@@H]21. The Balaban J connectivity index is 1.91. The van der Waals surface area contributed by atoms with Crippen LogP contribution in [0.4, 0.5) is 4.39 Å². The molecule has 0 amide bonds. The monoisotopic (exact) mass is 259 g/mol. The molecule has 0 saturated heterocycles. The van der Waals surface area contributed by atoms with Gasteiger partial charge in [-0.1, -0.05) is 0 Å². The van der Waals surface area contributed by atoms with Crippen LogP contribution in [0.1, 0.15) is 34.1 Å². The number of halogens is 1. The van der Waals surface area contributed by atoms with E-state index in [1.54, 1.807) is 4.68 Å². The number of rotatable bonds is 2. The number of fused-ring (bicyclic) bond motifs is 3. The molecule has 0 aliphatic heterocycles. The Morgan fingerprint density at radius 2 is 2.32 bits per heavy atom. The second kappa shape index (κ2) is 3.40. The van der Waals surface area contributed by atoms with Crippen LogP contribution in [-0.4, -0.2) is 25.8 Å². The van der Waals surface area contributed by atoms with Gasteiger partial charge in [-0.3, -0.25) is 0 Å². The highest BCUT2D eigenvalue weighted by atomic mass is 19.1. The molecule has 4 rings (SSSR count). The molecule has 5 nitrogen and oxygen atoms in total. The third kappa shape index (κ3) is 1.43. The summed E-state index contributed by atoms with van der Waals surface area (Å²) < 4.78 is 14.5. The summed E-state index contributed by atoms with van der Waals surface area (Å²) in [6.07, 6.45) is 2.98. The molecule has 2 aliphatic rings. The van der Waals surface area contributed by atoms with Gasteiger partial charge >= 0.3 is 5.97 Å². The Morgan fingerprint density at radius 3 is 3.00 bits per heavy atom. The number of hydrogen-bond donors (Lipinski definition) is 1. The number of aromatic nitrogens is 3. The topological polar surface area (TPSA) is 68.0 Å². The molecule has 1 N–H and O–H groups in total. The Morgan fingerprint density at radius 1 is 1.47 bits per heavy atom. The second-order valence-electron chi connectivity index (χ2n) is 5.07. The Bertz CT molecular complexity index is 693. The summed E-state index contributed by atoms with van der Waals surface area (Å²) in [5.41, 5.74) is 1.87. The van der Waals surface area contributed by atoms with Crippen molar-refractivity contribution in [2.45, 2.75) is 18.8 Å². The van der Waals surface area contributed by atoms with E-state index in [0.29, 0.717) is 17.7 Å². The minimum atomic E-state index is -1.02. The molecule has 6 heteroatoms. The zero-order valence-corrected chi connectivity index (χ0v) is 9.88. The highest BCUT2D eigenvalue weighted by Crippen LogP contribution is 2.57. The van der Waals surface area contributed by atoms with Crippen molar-refractivity contribution < 1.29 is 14.3 Å². The van der Waals surface area contributed by atoms with Crippen LogP contribution in [0.2, 0.25) is 0 Å². The average Bonchev–Trinajstić information content (AvgIpc) is 2.89. The van der Waals surface area contributed by atoms with Crippen LogP contribution < -0.4 is 0 Å². The minimum Gasteiger partial charge on any atom is -0.476 e. The smallest absolute Gasteiger partial charge is 0.356 e. The lowest BCUT2D eigenvalue weighted by Gasteiger charge is -2.04. The van der Waals surface area contributed by atoms with Gasteiger partial charge in [-0.2, -0.15) is 5.10 Å². The standard InChI is InChI=1S/C13H10FN3O2/c14-7-1-2-10(15-5-7)17-12-8-3-6(8)4-9(12)11(16-17)13(18)19/h1-2,5-6,8H,3-4H2,(H,18,19)/t6-,8-/m1/s1. The van der Waals surface area contributed by atoms with Crippen molar-refractivity contribution in [3.05, 3.63) is 41.1 Å². The van der Waals surface area contributed by atoms with Crippen molar-refractivity contribution in [1.82, 2.24) is 14.8 Å². The summed E-state index contributed by atoms with van der Waals surface area (Å²) >= 11 is 0. The third-order valence-electron chi connectivity index (χ3n) is 3.89. The van der Waals surface area contributed by atoms with Gasteiger partial charge in [0.1, 0.15) is 5.82 Å². The minimum absolute atomic E-state index is 0.105. The maximum absolute atomic E-state index is 12.9. The van der Waals surface area contributed by atoms with Gasteiger partial charge in [0.2, 0.25) is 0 Å². The number of nitrogens with zero attached hydrogens (tertiary/aromatic N) is 3. The van der Waals surface area contributed by atoms with Crippen LogP contribution in [0.5, 0.6) is 0 Å². The van der Waals surface area contributed by atoms with E-state index in [9.17, 15) is 14.3 Å². The number of carboxylic acid groups (broad SMARTS) is 1. The molecule has 2 aromatic heterocycles. The highest BCUT2D eigenvalue weighted by Gasteiger charge is 2.50. The predicted octanol–water partition coefficient (Wildman–Crippen LogP) is 1.76. The van der Waals surface area contributed by atoms with E-state index in [2.05, 4.69) is 10.1 Å². The van der Waals surface area contributed by atoms with Gasteiger partial charge < -0.3 is 5.11 Å². The highest BCUT2D eigenvalue weighted by molar-refractivity contribution is 5.88. The zero-order valence-electron chi connectivity index (χ0n) is 9.88. The van der Waals surface area contributed by atoms with Gasteiger partial charge in [0.05, 0.1) is 11.9 Å². The van der Waals surface area contributed by atoms with Crippen molar-refractivity contribution in [3.63, 3.8) is 0 Å². The number of carboxylic acids is 1. The number of carbonyl (C=O) groups is 1. The normalized spacial score (nSPS) is 23.0. The fourth-order valence-electron chi connectivity index (χ4n) is 2.96. The summed E-state index contributed by atoms with van der Waals surface area (Å²) in [5, 5.41) is 13.3. The average molecular weight is 259 g/mol. The lowest BCUT2D eigenvalue weighted by atomic mass is 10.1. The molecule has 1 saturated carbocycles. The van der Waals surface area contributed by atoms with Crippen LogP contribution in [0.15, 0.2) is 18.3 Å². The molecular weight excluding hydrogens is 249 g/mol. The summed E-state index contributed by atoms with van der Waals surface area (Å²) in [6.45, 7) is 0. The lowest BCUT2D eigenvalue weighted by molar-refractivity contribution is 0.0688. The van der Waals surface area contributed by atoms with Crippen LogP contribution in [0.25, 0.3) is 5.82 Å². The number of aromatic carboxylic acids is 1. The molecule has 0 bridgehead atoms. The van der Waals surface area contributed by atoms with Crippen molar-refractivity contribution in [3.8, 4) is 5.82 Å². The molecule has 0 aromatic carbocycles. The summed E-state index contributed by atoms with van der Waals surface area (Å²) in [7, 11) is 0. The Hall–Kier alpha value is -2.24. The molecule has 0 spiro atoms. The first-order chi connectivity index (χ1) is 9.15. The molecule has 2 aliphatic carbocycles. The van der Waals surface area contributed by atoms with E-state index in [1.165, 1.54) is 12.1 Å². The van der Waals surface area contributed by atoms with Crippen molar-refractivity contribution in [2.24, 2.45) is 5.92 Å². The van der Waals surface area contributed by atoms with Crippen LogP contribution in [0, 0.1) is 11.7 Å². The van der Waals surface area contributed by atoms with Gasteiger partial charge in [0, 0.05) is 11.5 Å². The van der Waals surface area contributed by atoms with E-state index >= 15 is 0 Å². The largest absolute Gasteiger partial charge is 0.476 e. The first kappa shape index (κ1) is 10.7. The first-order valence-corrected chi connectivity index (χ1v) is 6.12. The van der Waals surface area contributed by atoms with Crippen molar-refractivity contribution in [1.29, 1.82) is 0 Å². The Labute approximate surface area is 107 Å². The zero-order chi connectivity index (χ0) is 13.1. The molecular formula is C13H10FN3O2. The van der Waals surface area contributed by atoms with E-state index in [1.807, 2.05) is 0 Å². The molecule has 2 atom stereocenters. The summed E-state index contributed by atoms with van der Waals surface area (Å²) in [5.74, 6) is -0.0216. The third-order valence-corrected chi connectivity index (χ3v) is 3.89. The summed E-state index contributed by atoms with van der Waals surface area (Å²) in [6, 6.07) is 2.82. The van der Waals surface area contributed by atoms with Crippen LogP contribution >= 0.6 is 0 Å². The predicted molar refractivity (Wildman–Crippen MR) is 62.8 cm³/mol. The van der Waals surface area contributed by atoms with Gasteiger partial charge in [0.15, 0.2) is 11.5 Å². The second-order valence-corrected chi connectivity index (χ2v) is 5.07. The summed E-state index contributed by atoms with van der Waals surface area (Å²) in [4.78, 5) is 15.2.